The molecule has 0 heterocycles. The van der Waals surface area contributed by atoms with E-state index < -0.39 is 0 Å². The van der Waals surface area contributed by atoms with Crippen LogP contribution in [-0.4, -0.2) is 6.71 Å². The van der Waals surface area contributed by atoms with E-state index in [4.69, 9.17) is 0 Å². The molecule has 2 rings (SSSR count). The molecule has 0 aliphatic rings. The largest absolute Gasteiger partial charge is 0.214 e. The lowest BCUT2D eigenvalue weighted by Crippen LogP contribution is -2.47. The normalized spacial score (nSPS) is 10.6. The van der Waals surface area contributed by atoms with Crippen molar-refractivity contribution in [3.63, 3.8) is 0 Å². The molecule has 0 aliphatic carbocycles. The van der Waals surface area contributed by atoms with Crippen molar-refractivity contribution in [3.05, 3.63) is 70.3 Å². The number of aryl methyl sites for hydroxylation is 6. The smallest absolute Gasteiger partial charge is 0.104 e. The fourth-order valence-electron chi connectivity index (χ4n) is 4.03. The van der Waals surface area contributed by atoms with E-state index in [-0.39, 0.29) is 0 Å². The molecule has 0 unspecified atom stereocenters. The number of hydrogen-bond donors (Lipinski definition) is 0. The molecule has 0 aliphatic heterocycles. The minimum Gasteiger partial charge on any atom is -0.104 e. The molecule has 0 spiro atoms. The highest BCUT2D eigenvalue weighted by Gasteiger charge is 2.24. The first-order valence-corrected chi connectivity index (χ1v) is 8.11. The number of rotatable bonds is 4. The van der Waals surface area contributed by atoms with Crippen LogP contribution in [0, 0.1) is 41.5 Å². The molecule has 0 bridgehead atoms. The summed E-state index contributed by atoms with van der Waals surface area (Å²) < 4.78 is 0. The fourth-order valence-corrected chi connectivity index (χ4v) is 4.03. The van der Waals surface area contributed by atoms with Gasteiger partial charge in [0.2, 0.25) is 6.71 Å². The molecule has 0 saturated heterocycles. The average molecular weight is 290 g/mol. The van der Waals surface area contributed by atoms with E-state index in [0.717, 1.165) is 6.32 Å². The Balaban J connectivity index is 2.69. The van der Waals surface area contributed by atoms with Crippen LogP contribution >= 0.6 is 0 Å². The highest BCUT2D eigenvalue weighted by molar-refractivity contribution is 6.86. The molecule has 2 aromatic rings. The minimum atomic E-state index is 0.402. The Hall–Kier alpha value is -1.76. The quantitative estimate of drug-likeness (QED) is 0.580. The van der Waals surface area contributed by atoms with Gasteiger partial charge in [-0.3, -0.25) is 0 Å². The summed E-state index contributed by atoms with van der Waals surface area (Å²) in [6.45, 7) is 17.7. The molecule has 0 saturated carbocycles. The molecule has 22 heavy (non-hydrogen) atoms. The van der Waals surface area contributed by atoms with E-state index in [1.165, 1.54) is 44.3 Å². The highest BCUT2D eigenvalue weighted by atomic mass is 14.1. The Morgan fingerprint density at radius 1 is 0.727 bits per heavy atom. The second-order valence-corrected chi connectivity index (χ2v) is 6.70. The van der Waals surface area contributed by atoms with Gasteiger partial charge in [0.15, 0.2) is 0 Å². The van der Waals surface area contributed by atoms with Crippen molar-refractivity contribution in [1.82, 2.24) is 0 Å². The van der Waals surface area contributed by atoms with Gasteiger partial charge < -0.3 is 0 Å². The predicted molar refractivity (Wildman–Crippen MR) is 101 cm³/mol. The van der Waals surface area contributed by atoms with Crippen LogP contribution in [0.15, 0.2) is 36.9 Å². The lowest BCUT2D eigenvalue weighted by atomic mass is 9.36. The van der Waals surface area contributed by atoms with Crippen LogP contribution in [-0.2, 0) is 0 Å². The number of allylic oxidation sites excluding steroid dienone is 1. The zero-order chi connectivity index (χ0) is 16.4. The van der Waals surface area contributed by atoms with Crippen LogP contribution in [0.25, 0.3) is 0 Å². The molecule has 0 aromatic heterocycles. The Morgan fingerprint density at radius 3 is 1.32 bits per heavy atom. The predicted octanol–water partition coefficient (Wildman–Crippen LogP) is 4.33. The second-order valence-electron chi connectivity index (χ2n) is 6.70. The first-order chi connectivity index (χ1) is 10.3. The van der Waals surface area contributed by atoms with Crippen LogP contribution in [0.1, 0.15) is 33.4 Å². The summed E-state index contributed by atoms with van der Waals surface area (Å²) in [7, 11) is 0. The summed E-state index contributed by atoms with van der Waals surface area (Å²) >= 11 is 0. The van der Waals surface area contributed by atoms with Crippen molar-refractivity contribution < 1.29 is 0 Å². The third kappa shape index (κ3) is 3.19. The lowest BCUT2D eigenvalue weighted by molar-refractivity contribution is 1.33. The highest BCUT2D eigenvalue weighted by Crippen LogP contribution is 2.14. The molecule has 0 fully saturated rings. The van der Waals surface area contributed by atoms with E-state index >= 15 is 0 Å². The first-order valence-electron chi connectivity index (χ1n) is 8.11. The maximum Gasteiger partial charge on any atom is 0.214 e. The van der Waals surface area contributed by atoms with Crippen molar-refractivity contribution >= 4 is 17.6 Å². The van der Waals surface area contributed by atoms with Crippen LogP contribution in [0.3, 0.4) is 0 Å². The van der Waals surface area contributed by atoms with E-state index in [0.29, 0.717) is 6.71 Å². The zero-order valence-corrected chi connectivity index (χ0v) is 14.9. The molecular weight excluding hydrogens is 263 g/mol. The van der Waals surface area contributed by atoms with E-state index in [2.05, 4.69) is 78.5 Å². The standard InChI is InChI=1S/C21H27B/c1-8-9-22(20-16(4)10-14(2)11-17(20)5)21-18(6)12-15(3)13-19(21)7/h8,10-13H,1,9H2,2-7H3. The van der Waals surface area contributed by atoms with Gasteiger partial charge in [-0.15, -0.1) is 6.58 Å². The van der Waals surface area contributed by atoms with Crippen LogP contribution in [0.4, 0.5) is 0 Å². The topological polar surface area (TPSA) is 0 Å². The third-order valence-corrected chi connectivity index (χ3v) is 4.58. The van der Waals surface area contributed by atoms with Crippen molar-refractivity contribution in [2.75, 3.05) is 0 Å². The summed E-state index contributed by atoms with van der Waals surface area (Å²) in [5, 5.41) is 0. The third-order valence-electron chi connectivity index (χ3n) is 4.58. The summed E-state index contributed by atoms with van der Waals surface area (Å²) in [5.74, 6) is 0. The van der Waals surface area contributed by atoms with Crippen molar-refractivity contribution in [1.29, 1.82) is 0 Å². The summed E-state index contributed by atoms with van der Waals surface area (Å²) in [6, 6.07) is 9.21. The van der Waals surface area contributed by atoms with Crippen LogP contribution in [0.2, 0.25) is 6.32 Å². The van der Waals surface area contributed by atoms with Gasteiger partial charge >= 0.3 is 0 Å². The Labute approximate surface area is 136 Å². The molecule has 2 aromatic carbocycles. The van der Waals surface area contributed by atoms with Crippen molar-refractivity contribution in [2.45, 2.75) is 47.9 Å². The lowest BCUT2D eigenvalue weighted by Gasteiger charge is -2.23. The minimum absolute atomic E-state index is 0.402. The summed E-state index contributed by atoms with van der Waals surface area (Å²) in [6.07, 6.45) is 3.04. The SMILES string of the molecule is C=CCB(c1c(C)cc(C)cc1C)c1c(C)cc(C)cc1C. The fraction of sp³-hybridized carbons (Fsp3) is 0.333. The maximum absolute atomic E-state index is 4.01. The Morgan fingerprint density at radius 2 is 1.05 bits per heavy atom. The van der Waals surface area contributed by atoms with Gasteiger partial charge in [-0.25, -0.2) is 0 Å². The zero-order valence-electron chi connectivity index (χ0n) is 14.9. The summed E-state index contributed by atoms with van der Waals surface area (Å²) in [5.41, 5.74) is 11.2. The Bertz CT molecular complexity index is 606. The molecule has 114 valence electrons. The maximum atomic E-state index is 4.01. The van der Waals surface area contributed by atoms with Gasteiger partial charge in [-0.2, -0.15) is 0 Å². The average Bonchev–Trinajstić information content (AvgIpc) is 2.36. The van der Waals surface area contributed by atoms with Gasteiger partial charge in [-0.05, 0) is 47.9 Å². The van der Waals surface area contributed by atoms with Crippen molar-refractivity contribution in [3.8, 4) is 0 Å². The van der Waals surface area contributed by atoms with Gasteiger partial charge in [0.1, 0.15) is 0 Å². The van der Waals surface area contributed by atoms with E-state index in [1.807, 2.05) is 0 Å². The molecule has 0 radical (unpaired) electrons. The second kappa shape index (κ2) is 6.56. The molecule has 0 N–H and O–H groups in total. The monoisotopic (exact) mass is 290 g/mol. The van der Waals surface area contributed by atoms with Crippen LogP contribution in [0.5, 0.6) is 0 Å². The van der Waals surface area contributed by atoms with E-state index in [9.17, 15) is 0 Å². The van der Waals surface area contributed by atoms with Crippen molar-refractivity contribution in [2.24, 2.45) is 0 Å². The molecule has 0 atom stereocenters. The molecular formula is C21H27B. The summed E-state index contributed by atoms with van der Waals surface area (Å²) in [4.78, 5) is 0. The molecule has 1 heteroatoms. The number of benzene rings is 2. The van der Waals surface area contributed by atoms with E-state index in [1.54, 1.807) is 0 Å². The van der Waals surface area contributed by atoms with Crippen LogP contribution < -0.4 is 10.9 Å². The van der Waals surface area contributed by atoms with Gasteiger partial charge in [-0.1, -0.05) is 74.6 Å². The number of hydrogen-bond acceptors (Lipinski definition) is 0. The molecule has 0 amide bonds. The van der Waals surface area contributed by atoms with Gasteiger partial charge in [0.05, 0.1) is 0 Å². The Kier molecular flexibility index (Phi) is 4.96. The van der Waals surface area contributed by atoms with Gasteiger partial charge in [0.25, 0.3) is 0 Å². The molecule has 0 nitrogen and oxygen atoms in total. The van der Waals surface area contributed by atoms with Gasteiger partial charge in [0, 0.05) is 0 Å². The first kappa shape index (κ1) is 16.6.